The summed E-state index contributed by atoms with van der Waals surface area (Å²) in [5.74, 6) is -0.631. The highest BCUT2D eigenvalue weighted by atomic mass is 16.5. The second-order valence-corrected chi connectivity index (χ2v) is 3.13. The molecule has 82 valence electrons. The van der Waals surface area contributed by atoms with Gasteiger partial charge in [0, 0.05) is 0 Å². The summed E-state index contributed by atoms with van der Waals surface area (Å²) in [6, 6.07) is 6.74. The average Bonchev–Trinajstić information content (AvgIpc) is 2.30. The highest BCUT2D eigenvalue weighted by Gasteiger charge is 2.21. The van der Waals surface area contributed by atoms with Crippen LogP contribution in [0.15, 0.2) is 24.3 Å². The van der Waals surface area contributed by atoms with E-state index in [0.717, 1.165) is 0 Å². The van der Waals surface area contributed by atoms with Crippen molar-refractivity contribution in [1.29, 1.82) is 0 Å². The molecule has 2 N–H and O–H groups in total. The number of rotatable bonds is 5. The second kappa shape index (κ2) is 5.48. The maximum absolute atomic E-state index is 11.8. The van der Waals surface area contributed by atoms with Crippen molar-refractivity contribution < 1.29 is 19.7 Å². The first-order chi connectivity index (χ1) is 7.24. The number of ether oxygens (including phenoxy) is 1. The van der Waals surface area contributed by atoms with E-state index in [4.69, 9.17) is 14.9 Å². The van der Waals surface area contributed by atoms with Crippen LogP contribution in [0.5, 0.6) is 5.75 Å². The molecule has 0 aliphatic heterocycles. The summed E-state index contributed by atoms with van der Waals surface area (Å²) in [5.41, 5.74) is 0.383. The van der Waals surface area contributed by atoms with Gasteiger partial charge >= 0.3 is 0 Å². The monoisotopic (exact) mass is 210 g/mol. The standard InChI is InChI=1S/C11H14O4/c1-15-10-5-3-2-4-9(10)11(14)8(6-12)7-13/h2-5,8,12-13H,6-7H2,1H3. The Hall–Kier alpha value is -1.39. The van der Waals surface area contributed by atoms with Crippen LogP contribution in [0.4, 0.5) is 0 Å². The number of carbonyl (C=O) groups excluding carboxylic acids is 1. The van der Waals surface area contributed by atoms with Crippen LogP contribution in [0.25, 0.3) is 0 Å². The molecule has 1 rings (SSSR count). The first-order valence-electron chi connectivity index (χ1n) is 4.63. The molecule has 1 aromatic carbocycles. The van der Waals surface area contributed by atoms with Crippen molar-refractivity contribution >= 4 is 5.78 Å². The molecule has 0 amide bonds. The SMILES string of the molecule is COc1ccccc1C(=O)C(CO)CO. The van der Waals surface area contributed by atoms with Gasteiger partial charge in [-0.05, 0) is 12.1 Å². The smallest absolute Gasteiger partial charge is 0.174 e. The number of methoxy groups -OCH3 is 1. The topological polar surface area (TPSA) is 66.8 Å². The van der Waals surface area contributed by atoms with Gasteiger partial charge in [-0.1, -0.05) is 12.1 Å². The molecule has 1 aromatic rings. The van der Waals surface area contributed by atoms with Gasteiger partial charge in [0.1, 0.15) is 5.75 Å². The average molecular weight is 210 g/mol. The number of carbonyl (C=O) groups is 1. The molecule has 0 radical (unpaired) electrons. The highest BCUT2D eigenvalue weighted by molar-refractivity contribution is 6.00. The van der Waals surface area contributed by atoms with Gasteiger partial charge in [0.2, 0.25) is 0 Å². The molecule has 0 saturated carbocycles. The minimum atomic E-state index is -0.777. The zero-order valence-electron chi connectivity index (χ0n) is 8.51. The van der Waals surface area contributed by atoms with Gasteiger partial charge in [0.05, 0.1) is 31.8 Å². The van der Waals surface area contributed by atoms with Crippen molar-refractivity contribution in [2.75, 3.05) is 20.3 Å². The molecule has 0 spiro atoms. The van der Waals surface area contributed by atoms with Crippen LogP contribution in [-0.2, 0) is 0 Å². The zero-order valence-corrected chi connectivity index (χ0v) is 8.51. The Labute approximate surface area is 88.1 Å². The molecule has 0 fully saturated rings. The Bertz CT molecular complexity index is 331. The fraction of sp³-hybridized carbons (Fsp3) is 0.364. The zero-order chi connectivity index (χ0) is 11.3. The molecule has 0 aliphatic carbocycles. The first kappa shape index (κ1) is 11.7. The number of Topliss-reactive ketones (excluding diaryl/α,β-unsaturated/α-hetero) is 1. The van der Waals surface area contributed by atoms with E-state index >= 15 is 0 Å². The number of para-hydroxylation sites is 1. The summed E-state index contributed by atoms with van der Waals surface area (Å²) in [7, 11) is 1.47. The lowest BCUT2D eigenvalue weighted by Gasteiger charge is -2.12. The molecule has 0 atom stereocenters. The fourth-order valence-corrected chi connectivity index (χ4v) is 1.29. The van der Waals surface area contributed by atoms with Crippen LogP contribution in [0.1, 0.15) is 10.4 Å². The van der Waals surface area contributed by atoms with Crippen molar-refractivity contribution in [3.63, 3.8) is 0 Å². The van der Waals surface area contributed by atoms with Crippen LogP contribution in [0.3, 0.4) is 0 Å². The minimum Gasteiger partial charge on any atom is -0.496 e. The van der Waals surface area contributed by atoms with E-state index in [0.29, 0.717) is 11.3 Å². The predicted molar refractivity (Wildman–Crippen MR) is 55.0 cm³/mol. The number of ketones is 1. The Morgan fingerprint density at radius 3 is 2.47 bits per heavy atom. The van der Waals surface area contributed by atoms with Gasteiger partial charge in [-0.3, -0.25) is 4.79 Å². The summed E-state index contributed by atoms with van der Waals surface area (Å²) >= 11 is 0. The molecule has 0 saturated heterocycles. The van der Waals surface area contributed by atoms with Gasteiger partial charge in [-0.15, -0.1) is 0 Å². The summed E-state index contributed by atoms with van der Waals surface area (Å²) in [4.78, 5) is 11.8. The van der Waals surface area contributed by atoms with E-state index in [1.807, 2.05) is 0 Å². The Balaban J connectivity index is 2.99. The lowest BCUT2D eigenvalue weighted by molar-refractivity contribution is 0.0766. The fourth-order valence-electron chi connectivity index (χ4n) is 1.29. The van der Waals surface area contributed by atoms with Crippen LogP contribution < -0.4 is 4.74 Å². The highest BCUT2D eigenvalue weighted by Crippen LogP contribution is 2.20. The van der Waals surface area contributed by atoms with Gasteiger partial charge in [0.15, 0.2) is 5.78 Å². The number of hydrogen-bond acceptors (Lipinski definition) is 4. The summed E-state index contributed by atoms with van der Waals surface area (Å²) in [6.07, 6.45) is 0. The van der Waals surface area contributed by atoms with E-state index in [-0.39, 0.29) is 19.0 Å². The van der Waals surface area contributed by atoms with Gasteiger partial charge < -0.3 is 14.9 Å². The third-order valence-electron chi connectivity index (χ3n) is 2.18. The van der Waals surface area contributed by atoms with Crippen LogP contribution >= 0.6 is 0 Å². The molecule has 0 heterocycles. The van der Waals surface area contributed by atoms with E-state index in [9.17, 15) is 4.79 Å². The molecule has 0 aliphatic rings. The van der Waals surface area contributed by atoms with E-state index in [2.05, 4.69) is 0 Å². The second-order valence-electron chi connectivity index (χ2n) is 3.13. The van der Waals surface area contributed by atoms with Crippen LogP contribution in [0, 0.1) is 5.92 Å². The van der Waals surface area contributed by atoms with E-state index < -0.39 is 5.92 Å². The molecule has 0 aromatic heterocycles. The van der Waals surface area contributed by atoms with E-state index in [1.165, 1.54) is 7.11 Å². The van der Waals surface area contributed by atoms with E-state index in [1.54, 1.807) is 24.3 Å². The third kappa shape index (κ3) is 2.55. The lowest BCUT2D eigenvalue weighted by atomic mass is 9.98. The molecule has 15 heavy (non-hydrogen) atoms. The Morgan fingerprint density at radius 1 is 1.33 bits per heavy atom. The number of aliphatic hydroxyl groups is 2. The van der Waals surface area contributed by atoms with Gasteiger partial charge in [-0.2, -0.15) is 0 Å². The van der Waals surface area contributed by atoms with Gasteiger partial charge in [0.25, 0.3) is 0 Å². The van der Waals surface area contributed by atoms with Crippen molar-refractivity contribution in [1.82, 2.24) is 0 Å². The summed E-state index contributed by atoms with van der Waals surface area (Å²) < 4.78 is 5.02. The first-order valence-corrected chi connectivity index (χ1v) is 4.63. The predicted octanol–water partition coefficient (Wildman–Crippen LogP) is 0.479. The molecule has 4 heteroatoms. The van der Waals surface area contributed by atoms with Gasteiger partial charge in [-0.25, -0.2) is 0 Å². The lowest BCUT2D eigenvalue weighted by Crippen LogP contribution is -2.22. The number of hydrogen-bond donors (Lipinski definition) is 2. The maximum Gasteiger partial charge on any atom is 0.174 e. The quantitative estimate of drug-likeness (QED) is 0.694. The summed E-state index contributed by atoms with van der Waals surface area (Å²) in [6.45, 7) is -0.735. The molecule has 0 unspecified atom stereocenters. The van der Waals surface area contributed by atoms with Crippen molar-refractivity contribution in [3.05, 3.63) is 29.8 Å². The normalized spacial score (nSPS) is 10.4. The van der Waals surface area contributed by atoms with Crippen molar-refractivity contribution in [2.24, 2.45) is 5.92 Å². The molecule has 0 bridgehead atoms. The minimum absolute atomic E-state index is 0.308. The number of aliphatic hydroxyl groups excluding tert-OH is 2. The summed E-state index contributed by atoms with van der Waals surface area (Å²) in [5, 5.41) is 17.8. The van der Waals surface area contributed by atoms with Crippen molar-refractivity contribution in [3.8, 4) is 5.75 Å². The Kier molecular flexibility index (Phi) is 4.27. The van der Waals surface area contributed by atoms with Crippen LogP contribution in [-0.4, -0.2) is 36.3 Å². The Morgan fingerprint density at radius 2 is 1.93 bits per heavy atom. The van der Waals surface area contributed by atoms with Crippen molar-refractivity contribution in [2.45, 2.75) is 0 Å². The molecular formula is C11H14O4. The molecular weight excluding hydrogens is 196 g/mol. The maximum atomic E-state index is 11.8. The third-order valence-corrected chi connectivity index (χ3v) is 2.18. The number of benzene rings is 1. The van der Waals surface area contributed by atoms with Crippen LogP contribution in [0.2, 0.25) is 0 Å². The molecule has 4 nitrogen and oxygen atoms in total. The largest absolute Gasteiger partial charge is 0.496 e.